The van der Waals surface area contributed by atoms with E-state index in [0.29, 0.717) is 23.4 Å². The predicted octanol–water partition coefficient (Wildman–Crippen LogP) is 4.68. The molecule has 0 saturated carbocycles. The number of pyridine rings is 1. The van der Waals surface area contributed by atoms with Crippen molar-refractivity contribution in [3.63, 3.8) is 0 Å². The Hall–Kier alpha value is -3.40. The molecule has 4 rings (SSSR count). The monoisotopic (exact) mass is 342 g/mol. The molecule has 4 aromatic rings. The van der Waals surface area contributed by atoms with Crippen molar-refractivity contribution in [2.24, 2.45) is 0 Å². The fraction of sp³-hybridized carbons (Fsp3) is 0.0909. The van der Waals surface area contributed by atoms with Crippen molar-refractivity contribution in [2.45, 2.75) is 13.5 Å². The molecule has 0 fully saturated rings. The minimum atomic E-state index is -0.0353. The third-order valence-corrected chi connectivity index (χ3v) is 4.46. The van der Waals surface area contributed by atoms with Crippen LogP contribution in [0.2, 0.25) is 0 Å². The van der Waals surface area contributed by atoms with Gasteiger partial charge < -0.3 is 9.72 Å². The number of carbonyl (C=O) groups excluding carboxylic acids is 1. The summed E-state index contributed by atoms with van der Waals surface area (Å²) in [6.07, 6.45) is 3.42. The smallest absolute Gasteiger partial charge is 0.195 e. The van der Waals surface area contributed by atoms with Gasteiger partial charge in [0.05, 0.1) is 0 Å². The predicted molar refractivity (Wildman–Crippen MR) is 101 cm³/mol. The average Bonchev–Trinajstić information content (AvgIpc) is 3.12. The molecule has 1 N–H and O–H groups in total. The Morgan fingerprint density at radius 2 is 1.85 bits per heavy atom. The molecular weight excluding hydrogens is 324 g/mol. The Kier molecular flexibility index (Phi) is 4.23. The van der Waals surface area contributed by atoms with Crippen LogP contribution in [0.15, 0.2) is 73.1 Å². The second-order valence-corrected chi connectivity index (χ2v) is 6.13. The third-order valence-electron chi connectivity index (χ3n) is 4.46. The number of hydrogen-bond donors (Lipinski definition) is 1. The second kappa shape index (κ2) is 6.84. The molecule has 4 nitrogen and oxygen atoms in total. The van der Waals surface area contributed by atoms with Crippen molar-refractivity contribution in [2.75, 3.05) is 0 Å². The molecule has 0 saturated heterocycles. The van der Waals surface area contributed by atoms with E-state index in [1.807, 2.05) is 67.6 Å². The summed E-state index contributed by atoms with van der Waals surface area (Å²) >= 11 is 0. The molecule has 0 amide bonds. The zero-order chi connectivity index (χ0) is 17.9. The van der Waals surface area contributed by atoms with Crippen LogP contribution >= 0.6 is 0 Å². The highest BCUT2D eigenvalue weighted by atomic mass is 16.5. The molecule has 2 heterocycles. The highest BCUT2D eigenvalue weighted by molar-refractivity contribution is 6.16. The highest BCUT2D eigenvalue weighted by Crippen LogP contribution is 2.26. The summed E-state index contributed by atoms with van der Waals surface area (Å²) in [5.41, 5.74) is 3.90. The maximum absolute atomic E-state index is 13.1. The van der Waals surface area contributed by atoms with Crippen LogP contribution in [0.25, 0.3) is 11.0 Å². The van der Waals surface area contributed by atoms with Crippen LogP contribution in [0, 0.1) is 6.92 Å². The van der Waals surface area contributed by atoms with Gasteiger partial charge in [-0.05, 0) is 30.7 Å². The van der Waals surface area contributed by atoms with Crippen molar-refractivity contribution in [1.82, 2.24) is 9.97 Å². The summed E-state index contributed by atoms with van der Waals surface area (Å²) in [5, 5.41) is 0.826. The number of carbonyl (C=O) groups is 1. The number of H-pyrrole nitrogens is 1. The molecule has 26 heavy (non-hydrogen) atoms. The molecule has 0 unspecified atom stereocenters. The lowest BCUT2D eigenvalue weighted by Crippen LogP contribution is -2.05. The van der Waals surface area contributed by atoms with E-state index >= 15 is 0 Å². The highest BCUT2D eigenvalue weighted by Gasteiger charge is 2.18. The first-order valence-corrected chi connectivity index (χ1v) is 8.47. The van der Waals surface area contributed by atoms with Crippen LogP contribution in [0.3, 0.4) is 0 Å². The minimum Gasteiger partial charge on any atom is -0.489 e. The van der Waals surface area contributed by atoms with E-state index in [-0.39, 0.29) is 5.78 Å². The van der Waals surface area contributed by atoms with E-state index in [4.69, 9.17) is 4.74 Å². The van der Waals surface area contributed by atoms with Gasteiger partial charge in [-0.25, -0.2) is 4.98 Å². The first kappa shape index (κ1) is 16.1. The average molecular weight is 342 g/mol. The largest absolute Gasteiger partial charge is 0.489 e. The zero-order valence-electron chi connectivity index (χ0n) is 14.4. The fourth-order valence-electron chi connectivity index (χ4n) is 3.04. The summed E-state index contributed by atoms with van der Waals surface area (Å²) in [6, 6.07) is 19.3. The van der Waals surface area contributed by atoms with Gasteiger partial charge >= 0.3 is 0 Å². The number of nitrogens with zero attached hydrogens (tertiary/aromatic N) is 1. The molecule has 4 heteroatoms. The Bertz CT molecular complexity index is 1070. The number of benzene rings is 2. The molecule has 0 atom stereocenters. The molecule has 0 aliphatic heterocycles. The molecular formula is C22H18N2O2. The van der Waals surface area contributed by atoms with E-state index in [0.717, 1.165) is 22.3 Å². The van der Waals surface area contributed by atoms with Gasteiger partial charge in [-0.1, -0.05) is 42.5 Å². The summed E-state index contributed by atoms with van der Waals surface area (Å²) in [7, 11) is 0. The fourth-order valence-corrected chi connectivity index (χ4v) is 3.04. The molecule has 0 spiro atoms. The quantitative estimate of drug-likeness (QED) is 0.536. The molecule has 0 aliphatic rings. The molecule has 0 radical (unpaired) electrons. The normalized spacial score (nSPS) is 10.8. The molecule has 2 aromatic carbocycles. The van der Waals surface area contributed by atoms with E-state index in [1.54, 1.807) is 12.4 Å². The number of aromatic nitrogens is 2. The number of ketones is 1. The number of aromatic amines is 1. The summed E-state index contributed by atoms with van der Waals surface area (Å²) in [6.45, 7) is 2.39. The second-order valence-electron chi connectivity index (χ2n) is 6.13. The van der Waals surface area contributed by atoms with Crippen molar-refractivity contribution in [3.05, 3.63) is 95.3 Å². The Morgan fingerprint density at radius 1 is 1.00 bits per heavy atom. The summed E-state index contributed by atoms with van der Waals surface area (Å²) in [4.78, 5) is 20.4. The van der Waals surface area contributed by atoms with Crippen molar-refractivity contribution in [3.8, 4) is 5.75 Å². The van der Waals surface area contributed by atoms with Gasteiger partial charge in [-0.15, -0.1) is 0 Å². The van der Waals surface area contributed by atoms with Crippen LogP contribution < -0.4 is 4.74 Å². The Morgan fingerprint density at radius 3 is 2.69 bits per heavy atom. The van der Waals surface area contributed by atoms with E-state index in [1.165, 1.54) is 0 Å². The third kappa shape index (κ3) is 2.97. The van der Waals surface area contributed by atoms with Gasteiger partial charge in [0.15, 0.2) is 5.78 Å². The first-order chi connectivity index (χ1) is 12.7. The Balaban J connectivity index is 1.64. The van der Waals surface area contributed by atoms with Crippen LogP contribution in [-0.2, 0) is 6.61 Å². The number of nitrogens with one attached hydrogen (secondary N) is 1. The summed E-state index contributed by atoms with van der Waals surface area (Å²) in [5.74, 6) is 0.685. The number of ether oxygens (including phenoxy) is 1. The maximum atomic E-state index is 13.1. The minimum absolute atomic E-state index is 0.0353. The number of hydrogen-bond acceptors (Lipinski definition) is 3. The SMILES string of the molecule is Cc1c(OCc2ccccc2)cccc1C(=O)c1c[nH]c2ncccc12. The maximum Gasteiger partial charge on any atom is 0.195 e. The van der Waals surface area contributed by atoms with Crippen LogP contribution in [0.5, 0.6) is 5.75 Å². The molecule has 2 aromatic heterocycles. The lowest BCUT2D eigenvalue weighted by atomic mass is 9.98. The zero-order valence-corrected chi connectivity index (χ0v) is 14.4. The van der Waals surface area contributed by atoms with Gasteiger partial charge in [-0.3, -0.25) is 4.79 Å². The number of fused-ring (bicyclic) bond motifs is 1. The topological polar surface area (TPSA) is 55.0 Å². The van der Waals surface area contributed by atoms with E-state index in [9.17, 15) is 4.79 Å². The van der Waals surface area contributed by atoms with Gasteiger partial charge in [0.25, 0.3) is 0 Å². The van der Waals surface area contributed by atoms with Crippen molar-refractivity contribution < 1.29 is 9.53 Å². The molecule has 128 valence electrons. The van der Waals surface area contributed by atoms with E-state index in [2.05, 4.69) is 9.97 Å². The van der Waals surface area contributed by atoms with Crippen LogP contribution in [0.4, 0.5) is 0 Å². The number of rotatable bonds is 5. The first-order valence-electron chi connectivity index (χ1n) is 8.47. The summed E-state index contributed by atoms with van der Waals surface area (Å²) < 4.78 is 5.95. The van der Waals surface area contributed by atoms with Crippen LogP contribution in [0.1, 0.15) is 27.0 Å². The van der Waals surface area contributed by atoms with Gasteiger partial charge in [0.1, 0.15) is 18.0 Å². The van der Waals surface area contributed by atoms with Gasteiger partial charge in [0, 0.05) is 34.5 Å². The standard InChI is InChI=1S/C22H18N2O2/c1-15-17(21(25)19-13-24-22-18(19)10-6-12-23-22)9-5-11-20(15)26-14-16-7-3-2-4-8-16/h2-13H,14H2,1H3,(H,23,24). The lowest BCUT2D eigenvalue weighted by Gasteiger charge is -2.12. The van der Waals surface area contributed by atoms with Gasteiger partial charge in [-0.2, -0.15) is 0 Å². The molecule has 0 aliphatic carbocycles. The van der Waals surface area contributed by atoms with Crippen molar-refractivity contribution >= 4 is 16.8 Å². The van der Waals surface area contributed by atoms with Crippen molar-refractivity contribution in [1.29, 1.82) is 0 Å². The van der Waals surface area contributed by atoms with Crippen LogP contribution in [-0.4, -0.2) is 15.8 Å². The van der Waals surface area contributed by atoms with E-state index < -0.39 is 0 Å². The molecule has 0 bridgehead atoms. The van der Waals surface area contributed by atoms with Gasteiger partial charge in [0.2, 0.25) is 0 Å². The Labute approximate surface area is 151 Å². The lowest BCUT2D eigenvalue weighted by molar-refractivity contribution is 0.103.